The molecule has 3 heterocycles. The summed E-state index contributed by atoms with van der Waals surface area (Å²) in [6, 6.07) is 4.25. The predicted octanol–water partition coefficient (Wildman–Crippen LogP) is 2.47. The Morgan fingerprint density at radius 3 is 2.82 bits per heavy atom. The van der Waals surface area contributed by atoms with Crippen LogP contribution in [0.5, 0.6) is 0 Å². The van der Waals surface area contributed by atoms with Crippen LogP contribution in [0.3, 0.4) is 0 Å². The second kappa shape index (κ2) is 9.30. The van der Waals surface area contributed by atoms with Gasteiger partial charge in [0.15, 0.2) is 0 Å². The molecule has 0 fully saturated rings. The highest BCUT2D eigenvalue weighted by Crippen LogP contribution is 2.29. The molecule has 150 valence electrons. The Hall–Kier alpha value is -2.25. The van der Waals surface area contributed by atoms with E-state index in [2.05, 4.69) is 34.3 Å². The van der Waals surface area contributed by atoms with Gasteiger partial charge in [0, 0.05) is 63.1 Å². The predicted molar refractivity (Wildman–Crippen MR) is 111 cm³/mol. The number of amides is 2. The SMILES string of the molecule is CCc1ccc(CN2CCc3c(C(=O)NCCC(=O)N(C)C)csc3C2)nc1. The van der Waals surface area contributed by atoms with E-state index < -0.39 is 0 Å². The zero-order chi connectivity index (χ0) is 20.1. The van der Waals surface area contributed by atoms with Crippen molar-refractivity contribution in [2.24, 2.45) is 0 Å². The van der Waals surface area contributed by atoms with E-state index in [4.69, 9.17) is 0 Å². The summed E-state index contributed by atoms with van der Waals surface area (Å²) in [5, 5.41) is 4.83. The van der Waals surface area contributed by atoms with Gasteiger partial charge in [0.25, 0.3) is 5.91 Å². The molecule has 2 amide bonds. The maximum absolute atomic E-state index is 12.5. The van der Waals surface area contributed by atoms with Crippen LogP contribution in [0.4, 0.5) is 0 Å². The number of rotatable bonds is 7. The van der Waals surface area contributed by atoms with Gasteiger partial charge < -0.3 is 10.2 Å². The average Bonchev–Trinajstić information content (AvgIpc) is 3.11. The Morgan fingerprint density at radius 2 is 2.14 bits per heavy atom. The van der Waals surface area contributed by atoms with Gasteiger partial charge in [-0.1, -0.05) is 13.0 Å². The molecule has 0 spiro atoms. The van der Waals surface area contributed by atoms with Crippen LogP contribution in [0.15, 0.2) is 23.7 Å². The van der Waals surface area contributed by atoms with Gasteiger partial charge >= 0.3 is 0 Å². The third kappa shape index (κ3) is 4.97. The minimum Gasteiger partial charge on any atom is -0.351 e. The Labute approximate surface area is 170 Å². The van der Waals surface area contributed by atoms with E-state index in [1.165, 1.54) is 15.3 Å². The average molecular weight is 401 g/mol. The number of aromatic nitrogens is 1. The molecule has 0 aromatic carbocycles. The lowest BCUT2D eigenvalue weighted by Gasteiger charge is -2.27. The Bertz CT molecular complexity index is 829. The molecule has 0 radical (unpaired) electrons. The first-order valence-electron chi connectivity index (χ1n) is 9.71. The van der Waals surface area contributed by atoms with Gasteiger partial charge in [0.1, 0.15) is 0 Å². The summed E-state index contributed by atoms with van der Waals surface area (Å²) >= 11 is 1.65. The van der Waals surface area contributed by atoms with Gasteiger partial charge in [-0.2, -0.15) is 0 Å². The van der Waals surface area contributed by atoms with Crippen molar-refractivity contribution in [3.05, 3.63) is 51.0 Å². The quantitative estimate of drug-likeness (QED) is 0.775. The molecule has 0 bridgehead atoms. The molecular formula is C21H28N4O2S. The highest BCUT2D eigenvalue weighted by atomic mass is 32.1. The van der Waals surface area contributed by atoms with Crippen LogP contribution >= 0.6 is 11.3 Å². The van der Waals surface area contributed by atoms with E-state index in [-0.39, 0.29) is 11.8 Å². The lowest BCUT2D eigenvalue weighted by Crippen LogP contribution is -2.32. The monoisotopic (exact) mass is 400 g/mol. The van der Waals surface area contributed by atoms with E-state index in [0.717, 1.165) is 49.3 Å². The summed E-state index contributed by atoms with van der Waals surface area (Å²) < 4.78 is 0. The number of nitrogens with zero attached hydrogens (tertiary/aromatic N) is 3. The highest BCUT2D eigenvalue weighted by Gasteiger charge is 2.24. The Morgan fingerprint density at radius 1 is 1.32 bits per heavy atom. The van der Waals surface area contributed by atoms with Crippen LogP contribution < -0.4 is 5.32 Å². The van der Waals surface area contributed by atoms with E-state index >= 15 is 0 Å². The number of thiophene rings is 1. The van der Waals surface area contributed by atoms with Crippen molar-refractivity contribution >= 4 is 23.2 Å². The highest BCUT2D eigenvalue weighted by molar-refractivity contribution is 7.10. The van der Waals surface area contributed by atoms with Crippen molar-refractivity contribution < 1.29 is 9.59 Å². The molecule has 0 saturated carbocycles. The van der Waals surface area contributed by atoms with Crippen LogP contribution in [-0.4, -0.2) is 53.8 Å². The topological polar surface area (TPSA) is 65.5 Å². The maximum atomic E-state index is 12.5. The molecule has 0 saturated heterocycles. The van der Waals surface area contributed by atoms with Crippen molar-refractivity contribution in [2.45, 2.75) is 39.3 Å². The van der Waals surface area contributed by atoms with Gasteiger partial charge in [-0.25, -0.2) is 0 Å². The van der Waals surface area contributed by atoms with Crippen LogP contribution in [0.1, 0.15) is 45.4 Å². The fraction of sp³-hybridized carbons (Fsp3) is 0.476. The van der Waals surface area contributed by atoms with Crippen LogP contribution in [0.2, 0.25) is 0 Å². The zero-order valence-electron chi connectivity index (χ0n) is 16.8. The Kier molecular flexibility index (Phi) is 6.80. The molecule has 2 aromatic heterocycles. The summed E-state index contributed by atoms with van der Waals surface area (Å²) in [4.78, 5) is 33.9. The normalized spacial score (nSPS) is 13.8. The molecule has 1 aliphatic rings. The third-order valence-electron chi connectivity index (χ3n) is 5.07. The van der Waals surface area contributed by atoms with Crippen molar-refractivity contribution in [1.82, 2.24) is 20.1 Å². The molecule has 28 heavy (non-hydrogen) atoms. The van der Waals surface area contributed by atoms with Crippen LogP contribution in [0, 0.1) is 0 Å². The number of nitrogens with one attached hydrogen (secondary N) is 1. The maximum Gasteiger partial charge on any atom is 0.252 e. The standard InChI is InChI=1S/C21H28N4O2S/c1-4-15-5-6-16(23-11-15)12-25-10-8-17-18(14-28-19(17)13-25)21(27)22-9-7-20(26)24(2)3/h5-6,11,14H,4,7-10,12-13H2,1-3H3,(H,22,27). The van der Waals surface area contributed by atoms with Gasteiger partial charge in [0.05, 0.1) is 11.3 Å². The van der Waals surface area contributed by atoms with Gasteiger partial charge in [-0.05, 0) is 30.0 Å². The first-order valence-corrected chi connectivity index (χ1v) is 10.6. The number of aryl methyl sites for hydroxylation is 1. The van der Waals surface area contributed by atoms with Crippen molar-refractivity contribution in [3.63, 3.8) is 0 Å². The molecule has 0 unspecified atom stereocenters. The number of hydrogen-bond acceptors (Lipinski definition) is 5. The van der Waals surface area contributed by atoms with Gasteiger partial charge in [-0.3, -0.25) is 19.5 Å². The van der Waals surface area contributed by atoms with Crippen LogP contribution in [-0.2, 0) is 30.7 Å². The molecule has 3 rings (SSSR count). The van der Waals surface area contributed by atoms with E-state index in [1.54, 1.807) is 25.4 Å². The van der Waals surface area contributed by atoms with Gasteiger partial charge in [-0.15, -0.1) is 11.3 Å². The fourth-order valence-electron chi connectivity index (χ4n) is 3.30. The van der Waals surface area contributed by atoms with E-state index in [0.29, 0.717) is 13.0 Å². The molecule has 7 heteroatoms. The largest absolute Gasteiger partial charge is 0.351 e. The third-order valence-corrected chi connectivity index (χ3v) is 6.09. The number of carbonyl (C=O) groups is 2. The lowest BCUT2D eigenvalue weighted by atomic mass is 10.0. The van der Waals surface area contributed by atoms with Crippen LogP contribution in [0.25, 0.3) is 0 Å². The smallest absolute Gasteiger partial charge is 0.252 e. The molecule has 1 N–H and O–H groups in total. The number of carbonyl (C=O) groups excluding carboxylic acids is 2. The van der Waals surface area contributed by atoms with E-state index in [9.17, 15) is 9.59 Å². The summed E-state index contributed by atoms with van der Waals surface area (Å²) in [5.41, 5.74) is 4.26. The second-order valence-electron chi connectivity index (χ2n) is 7.32. The minimum absolute atomic E-state index is 0.0175. The summed E-state index contributed by atoms with van der Waals surface area (Å²) in [6.07, 6.45) is 4.15. The molecular weight excluding hydrogens is 372 g/mol. The Balaban J connectivity index is 1.56. The number of hydrogen-bond donors (Lipinski definition) is 1. The van der Waals surface area contributed by atoms with Gasteiger partial charge in [0.2, 0.25) is 5.91 Å². The minimum atomic E-state index is -0.0747. The summed E-state index contributed by atoms with van der Waals surface area (Å²) in [6.45, 7) is 5.10. The number of pyridine rings is 1. The molecule has 2 aromatic rings. The lowest BCUT2D eigenvalue weighted by molar-refractivity contribution is -0.128. The first-order chi connectivity index (χ1) is 13.5. The second-order valence-corrected chi connectivity index (χ2v) is 8.28. The number of fused-ring (bicyclic) bond motifs is 1. The van der Waals surface area contributed by atoms with Crippen molar-refractivity contribution in [3.8, 4) is 0 Å². The molecule has 1 aliphatic heterocycles. The zero-order valence-corrected chi connectivity index (χ0v) is 17.6. The molecule has 0 atom stereocenters. The summed E-state index contributed by atoms with van der Waals surface area (Å²) in [7, 11) is 3.44. The van der Waals surface area contributed by atoms with E-state index in [1.807, 2.05) is 11.6 Å². The fourth-order valence-corrected chi connectivity index (χ4v) is 4.42. The molecule has 0 aliphatic carbocycles. The molecule has 6 nitrogen and oxygen atoms in total. The van der Waals surface area contributed by atoms with Crippen molar-refractivity contribution in [2.75, 3.05) is 27.2 Å². The summed E-state index contributed by atoms with van der Waals surface area (Å²) in [5.74, 6) is -0.0572. The van der Waals surface area contributed by atoms with Crippen molar-refractivity contribution in [1.29, 1.82) is 0 Å². The first kappa shape index (κ1) is 20.5.